The maximum Gasteiger partial charge on any atom is 0.324 e. The molecule has 3 aromatic heterocycles. The van der Waals surface area contributed by atoms with Crippen LogP contribution in [0.2, 0.25) is 0 Å². The van der Waals surface area contributed by atoms with Crippen molar-refractivity contribution in [1.29, 1.82) is 0 Å². The number of rotatable bonds is 4. The molecule has 0 unspecified atom stereocenters. The molecule has 0 bridgehead atoms. The summed E-state index contributed by atoms with van der Waals surface area (Å²) in [6, 6.07) is 4.55. The second-order valence-electron chi connectivity index (χ2n) is 4.59. The number of nitrogens with zero attached hydrogens (tertiary/aromatic N) is 3. The van der Waals surface area contributed by atoms with Crippen molar-refractivity contribution in [2.24, 2.45) is 0 Å². The van der Waals surface area contributed by atoms with E-state index in [9.17, 15) is 9.90 Å². The van der Waals surface area contributed by atoms with Gasteiger partial charge in [0.25, 0.3) is 0 Å². The molecule has 0 spiro atoms. The highest BCUT2D eigenvalue weighted by atomic mass is 16.5. The van der Waals surface area contributed by atoms with Crippen molar-refractivity contribution in [2.75, 3.05) is 17.7 Å². The van der Waals surface area contributed by atoms with Gasteiger partial charge in [-0.05, 0) is 12.1 Å². The summed E-state index contributed by atoms with van der Waals surface area (Å²) in [6.45, 7) is -0.313. The summed E-state index contributed by atoms with van der Waals surface area (Å²) in [4.78, 5) is 20.1. The second kappa shape index (κ2) is 6.28. The van der Waals surface area contributed by atoms with Crippen LogP contribution in [0.25, 0.3) is 10.9 Å². The summed E-state index contributed by atoms with van der Waals surface area (Å²) in [6.07, 6.45) is 3.13. The van der Waals surface area contributed by atoms with Crippen molar-refractivity contribution in [1.82, 2.24) is 20.2 Å². The number of aliphatic hydroxyl groups is 1. The molecule has 0 aliphatic carbocycles. The third kappa shape index (κ3) is 3.04. The first-order valence-electron chi connectivity index (χ1n) is 6.72. The maximum absolute atomic E-state index is 12.0. The topological polar surface area (TPSA) is 125 Å². The molecule has 3 rings (SSSR count). The van der Waals surface area contributed by atoms with E-state index in [0.29, 0.717) is 28.2 Å². The lowest BCUT2D eigenvalue weighted by Crippen LogP contribution is -2.20. The predicted octanol–water partition coefficient (Wildman–Crippen LogP) is 1.50. The van der Waals surface area contributed by atoms with Crippen LogP contribution in [-0.4, -0.2) is 38.4 Å². The summed E-state index contributed by atoms with van der Waals surface area (Å²) in [5, 5.41) is 22.0. The van der Waals surface area contributed by atoms with Gasteiger partial charge in [-0.2, -0.15) is 0 Å². The number of H-pyrrole nitrogens is 1. The number of ether oxygens (including phenoxy) is 1. The van der Waals surface area contributed by atoms with E-state index in [1.807, 2.05) is 0 Å². The number of aliphatic hydroxyl groups excluding tert-OH is 1. The molecule has 4 N–H and O–H groups in total. The van der Waals surface area contributed by atoms with Crippen LogP contribution in [0.15, 0.2) is 30.6 Å². The lowest BCUT2D eigenvalue weighted by Gasteiger charge is -2.08. The number of hydrogen-bond acceptors (Lipinski definition) is 6. The molecular weight excluding hydrogens is 300 g/mol. The Bertz CT molecular complexity index is 833. The number of anilines is 2. The lowest BCUT2D eigenvalue weighted by molar-refractivity contribution is 0.262. The molecular formula is C14H14N6O3. The molecule has 118 valence electrons. The Balaban J connectivity index is 1.84. The summed E-state index contributed by atoms with van der Waals surface area (Å²) >= 11 is 0. The van der Waals surface area contributed by atoms with Gasteiger partial charge in [-0.15, -0.1) is 5.10 Å². The minimum atomic E-state index is -0.472. The zero-order valence-electron chi connectivity index (χ0n) is 12.2. The number of urea groups is 1. The molecule has 0 saturated carbocycles. The number of nitrogens with one attached hydrogen (secondary N) is 3. The monoisotopic (exact) mass is 314 g/mol. The highest BCUT2D eigenvalue weighted by Gasteiger charge is 2.15. The number of carbonyl (C=O) groups is 1. The van der Waals surface area contributed by atoms with Crippen LogP contribution in [0.3, 0.4) is 0 Å². The number of aromatic amines is 1. The summed E-state index contributed by atoms with van der Waals surface area (Å²) in [5.41, 5.74) is 1.50. The first-order valence-corrected chi connectivity index (χ1v) is 6.72. The normalized spacial score (nSPS) is 10.5. The second-order valence-corrected chi connectivity index (χ2v) is 4.59. The van der Waals surface area contributed by atoms with Crippen LogP contribution in [0.1, 0.15) is 5.69 Å². The van der Waals surface area contributed by atoms with Gasteiger partial charge in [0.2, 0.25) is 5.88 Å². The van der Waals surface area contributed by atoms with E-state index in [-0.39, 0.29) is 12.4 Å². The highest BCUT2D eigenvalue weighted by Crippen LogP contribution is 2.27. The molecule has 23 heavy (non-hydrogen) atoms. The van der Waals surface area contributed by atoms with Gasteiger partial charge < -0.3 is 15.2 Å². The Morgan fingerprint density at radius 3 is 3.00 bits per heavy atom. The van der Waals surface area contributed by atoms with E-state index >= 15 is 0 Å². The van der Waals surface area contributed by atoms with Crippen molar-refractivity contribution in [3.63, 3.8) is 0 Å². The summed E-state index contributed by atoms with van der Waals surface area (Å²) < 4.78 is 5.11. The standard InChI is InChI=1S/C14H14N6O3/c1-23-13-12-9(19-20-13)5-11(17-10(12)7-21)18-14(22)16-8-3-2-4-15-6-8/h2-6,21H,7H2,1H3,(H,19,20)(H2,16,17,18,22). The molecule has 0 radical (unpaired) electrons. The van der Waals surface area contributed by atoms with Crippen molar-refractivity contribution in [2.45, 2.75) is 6.61 Å². The van der Waals surface area contributed by atoms with Crippen molar-refractivity contribution < 1.29 is 14.6 Å². The number of pyridine rings is 2. The van der Waals surface area contributed by atoms with Crippen LogP contribution in [0.4, 0.5) is 16.3 Å². The molecule has 0 atom stereocenters. The molecule has 2 amide bonds. The minimum Gasteiger partial charge on any atom is -0.479 e. The summed E-state index contributed by atoms with van der Waals surface area (Å²) in [7, 11) is 1.48. The minimum absolute atomic E-state index is 0.272. The third-order valence-corrected chi connectivity index (χ3v) is 3.09. The predicted molar refractivity (Wildman–Crippen MR) is 83.2 cm³/mol. The zero-order valence-corrected chi connectivity index (χ0v) is 12.2. The van der Waals surface area contributed by atoms with E-state index in [2.05, 4.69) is 30.8 Å². The smallest absolute Gasteiger partial charge is 0.324 e. The molecule has 0 aromatic carbocycles. The van der Waals surface area contributed by atoms with Gasteiger partial charge in [0.05, 0.1) is 42.2 Å². The van der Waals surface area contributed by atoms with Crippen molar-refractivity contribution >= 4 is 28.4 Å². The number of methoxy groups -OCH3 is 1. The molecule has 0 fully saturated rings. The Morgan fingerprint density at radius 1 is 1.43 bits per heavy atom. The van der Waals surface area contributed by atoms with E-state index in [1.54, 1.807) is 24.4 Å². The Morgan fingerprint density at radius 2 is 2.30 bits per heavy atom. The van der Waals surface area contributed by atoms with E-state index in [0.717, 1.165) is 0 Å². The van der Waals surface area contributed by atoms with Crippen LogP contribution in [-0.2, 0) is 6.61 Å². The highest BCUT2D eigenvalue weighted by molar-refractivity contribution is 6.00. The van der Waals surface area contributed by atoms with Gasteiger partial charge in [-0.3, -0.25) is 15.4 Å². The fourth-order valence-electron chi connectivity index (χ4n) is 2.13. The van der Waals surface area contributed by atoms with E-state index < -0.39 is 6.03 Å². The van der Waals surface area contributed by atoms with Crippen molar-refractivity contribution in [3.05, 3.63) is 36.3 Å². The molecule has 9 heteroatoms. The van der Waals surface area contributed by atoms with Gasteiger partial charge in [-0.25, -0.2) is 9.78 Å². The van der Waals surface area contributed by atoms with Gasteiger partial charge in [0.1, 0.15) is 5.82 Å². The quantitative estimate of drug-likeness (QED) is 0.578. The van der Waals surface area contributed by atoms with E-state index in [4.69, 9.17) is 4.74 Å². The Labute approximate surface area is 130 Å². The van der Waals surface area contributed by atoms with Crippen LogP contribution < -0.4 is 15.4 Å². The SMILES string of the molecule is COc1n[nH]c2cc(NC(=O)Nc3cccnc3)nc(CO)c12. The number of amides is 2. The Hall–Kier alpha value is -3.20. The average Bonchev–Trinajstić information content (AvgIpc) is 2.98. The fraction of sp³-hybridized carbons (Fsp3) is 0.143. The number of aromatic nitrogens is 4. The molecule has 0 saturated heterocycles. The van der Waals surface area contributed by atoms with E-state index in [1.165, 1.54) is 13.3 Å². The van der Waals surface area contributed by atoms with Crippen LogP contribution in [0.5, 0.6) is 5.88 Å². The molecule has 3 heterocycles. The van der Waals surface area contributed by atoms with Crippen molar-refractivity contribution in [3.8, 4) is 5.88 Å². The number of carbonyl (C=O) groups excluding carboxylic acids is 1. The van der Waals surface area contributed by atoms with Gasteiger partial charge in [0, 0.05) is 12.3 Å². The molecule has 0 aliphatic heterocycles. The average molecular weight is 314 g/mol. The van der Waals surface area contributed by atoms with Gasteiger partial charge >= 0.3 is 6.03 Å². The van der Waals surface area contributed by atoms with Gasteiger partial charge in [0.15, 0.2) is 0 Å². The molecule has 9 nitrogen and oxygen atoms in total. The summed E-state index contributed by atoms with van der Waals surface area (Å²) in [5.74, 6) is 0.608. The Kier molecular flexibility index (Phi) is 4.02. The molecule has 3 aromatic rings. The van der Waals surface area contributed by atoms with Gasteiger partial charge in [-0.1, -0.05) is 0 Å². The molecule has 0 aliphatic rings. The third-order valence-electron chi connectivity index (χ3n) is 3.09. The van der Waals surface area contributed by atoms with Crippen LogP contribution in [0, 0.1) is 0 Å². The number of hydrogen-bond donors (Lipinski definition) is 4. The van der Waals surface area contributed by atoms with Crippen LogP contribution >= 0.6 is 0 Å². The lowest BCUT2D eigenvalue weighted by atomic mass is 10.2. The number of fused-ring (bicyclic) bond motifs is 1. The fourth-order valence-corrected chi connectivity index (χ4v) is 2.13. The first-order chi connectivity index (χ1) is 11.2. The maximum atomic E-state index is 12.0. The first kappa shape index (κ1) is 14.7. The zero-order chi connectivity index (χ0) is 16.2. The largest absolute Gasteiger partial charge is 0.479 e.